The average molecular weight is 364 g/mol. The number of aromatic nitrogens is 4. The molecule has 3 heterocycles. The Morgan fingerprint density at radius 1 is 1.04 bits per heavy atom. The van der Waals surface area contributed by atoms with Gasteiger partial charge in [-0.1, -0.05) is 0 Å². The zero-order valence-electron chi connectivity index (χ0n) is 15.9. The Hall–Kier alpha value is -2.93. The molecule has 7 nitrogen and oxygen atoms in total. The van der Waals surface area contributed by atoms with E-state index < -0.39 is 0 Å². The number of hydrogen-bond donors (Lipinski definition) is 1. The van der Waals surface area contributed by atoms with Gasteiger partial charge in [-0.05, 0) is 43.8 Å². The molecule has 0 spiro atoms. The first kappa shape index (κ1) is 17.5. The summed E-state index contributed by atoms with van der Waals surface area (Å²) in [5, 5.41) is 14.9. The third kappa shape index (κ3) is 3.38. The molecule has 0 bridgehead atoms. The van der Waals surface area contributed by atoms with Crippen LogP contribution < -0.4 is 4.90 Å². The Kier molecular flexibility index (Phi) is 4.53. The van der Waals surface area contributed by atoms with Crippen LogP contribution in [0.15, 0.2) is 36.8 Å². The number of piperazine rings is 1. The van der Waals surface area contributed by atoms with Crippen molar-refractivity contribution in [1.29, 1.82) is 0 Å². The molecule has 0 atom stereocenters. The van der Waals surface area contributed by atoms with Crippen molar-refractivity contribution in [2.24, 2.45) is 7.05 Å². The quantitative estimate of drug-likeness (QED) is 0.769. The summed E-state index contributed by atoms with van der Waals surface area (Å²) in [7, 11) is 4.12. The minimum absolute atomic E-state index is 0.241. The van der Waals surface area contributed by atoms with Crippen LogP contribution in [0.25, 0.3) is 22.5 Å². The van der Waals surface area contributed by atoms with Gasteiger partial charge in [0.2, 0.25) is 0 Å². The van der Waals surface area contributed by atoms with Crippen LogP contribution >= 0.6 is 0 Å². The van der Waals surface area contributed by atoms with Crippen molar-refractivity contribution < 1.29 is 5.11 Å². The molecule has 0 aliphatic carbocycles. The van der Waals surface area contributed by atoms with Crippen LogP contribution in [0.4, 0.5) is 5.82 Å². The van der Waals surface area contributed by atoms with E-state index in [4.69, 9.17) is 5.10 Å². The van der Waals surface area contributed by atoms with Crippen molar-refractivity contribution in [3.05, 3.63) is 42.4 Å². The van der Waals surface area contributed by atoms with Gasteiger partial charge >= 0.3 is 0 Å². The molecule has 1 saturated heterocycles. The summed E-state index contributed by atoms with van der Waals surface area (Å²) in [4.78, 5) is 13.3. The van der Waals surface area contributed by atoms with Gasteiger partial charge in [0.25, 0.3) is 0 Å². The number of aromatic hydroxyl groups is 1. The largest absolute Gasteiger partial charge is 0.508 e. The standard InChI is InChI=1S/C20H24N6O/c1-14-10-15(12-16(27)11-14)19-18(17-4-5-21-13-22-17)20(25(3)23-19)26-8-6-24(2)7-9-26/h4-5,10-13,27H,6-9H2,1-3H3. The molecule has 1 fully saturated rings. The molecule has 0 saturated carbocycles. The van der Waals surface area contributed by atoms with Gasteiger partial charge < -0.3 is 14.9 Å². The topological polar surface area (TPSA) is 70.3 Å². The number of anilines is 1. The second-order valence-corrected chi connectivity index (χ2v) is 7.11. The van der Waals surface area contributed by atoms with Crippen LogP contribution in [0.3, 0.4) is 0 Å². The lowest BCUT2D eigenvalue weighted by molar-refractivity contribution is 0.311. The van der Waals surface area contributed by atoms with Crippen LogP contribution in [-0.2, 0) is 7.05 Å². The number of phenolic OH excluding ortho intramolecular Hbond substituents is 1. The van der Waals surface area contributed by atoms with Crippen LogP contribution in [0.2, 0.25) is 0 Å². The summed E-state index contributed by atoms with van der Waals surface area (Å²) in [6, 6.07) is 7.46. The van der Waals surface area contributed by atoms with E-state index >= 15 is 0 Å². The minimum atomic E-state index is 0.241. The van der Waals surface area contributed by atoms with Gasteiger partial charge in [0, 0.05) is 45.0 Å². The van der Waals surface area contributed by atoms with Gasteiger partial charge in [-0.15, -0.1) is 0 Å². The summed E-state index contributed by atoms with van der Waals surface area (Å²) < 4.78 is 1.93. The van der Waals surface area contributed by atoms with Crippen LogP contribution in [0.5, 0.6) is 5.75 Å². The van der Waals surface area contributed by atoms with Gasteiger partial charge in [0.05, 0.1) is 11.3 Å². The third-order valence-electron chi connectivity index (χ3n) is 4.99. The van der Waals surface area contributed by atoms with E-state index in [0.717, 1.165) is 60.1 Å². The highest BCUT2D eigenvalue weighted by molar-refractivity contribution is 5.88. The maximum atomic E-state index is 10.1. The fourth-order valence-corrected chi connectivity index (χ4v) is 3.67. The highest BCUT2D eigenvalue weighted by atomic mass is 16.3. The molecule has 1 aliphatic rings. The number of rotatable bonds is 3. The van der Waals surface area contributed by atoms with Crippen LogP contribution in [-0.4, -0.2) is 63.0 Å². The molecular weight excluding hydrogens is 340 g/mol. The lowest BCUT2D eigenvalue weighted by atomic mass is 10.0. The van der Waals surface area contributed by atoms with Gasteiger partial charge in [0.15, 0.2) is 0 Å². The lowest BCUT2D eigenvalue weighted by Crippen LogP contribution is -2.45. The van der Waals surface area contributed by atoms with Crippen molar-refractivity contribution >= 4 is 5.82 Å². The molecule has 1 aromatic carbocycles. The van der Waals surface area contributed by atoms with Crippen LogP contribution in [0.1, 0.15) is 5.56 Å². The Labute approximate surface area is 158 Å². The molecule has 3 aromatic rings. The molecule has 1 N–H and O–H groups in total. The summed E-state index contributed by atoms with van der Waals surface area (Å²) in [5.74, 6) is 1.29. The molecular formula is C20H24N6O. The average Bonchev–Trinajstić information content (AvgIpc) is 3.00. The molecule has 140 valence electrons. The summed E-state index contributed by atoms with van der Waals surface area (Å²) in [6.45, 7) is 5.86. The molecule has 4 rings (SSSR count). The summed E-state index contributed by atoms with van der Waals surface area (Å²) >= 11 is 0. The smallest absolute Gasteiger partial charge is 0.136 e. The van der Waals surface area contributed by atoms with Crippen molar-refractivity contribution in [3.63, 3.8) is 0 Å². The first-order valence-corrected chi connectivity index (χ1v) is 9.11. The van der Waals surface area contributed by atoms with Gasteiger partial charge in [-0.2, -0.15) is 5.10 Å². The Morgan fingerprint density at radius 2 is 1.81 bits per heavy atom. The monoisotopic (exact) mass is 364 g/mol. The zero-order valence-corrected chi connectivity index (χ0v) is 15.9. The lowest BCUT2D eigenvalue weighted by Gasteiger charge is -2.34. The molecule has 0 unspecified atom stereocenters. The first-order chi connectivity index (χ1) is 13.0. The normalized spacial score (nSPS) is 15.3. The van der Waals surface area contributed by atoms with Crippen LogP contribution in [0, 0.1) is 6.92 Å². The second-order valence-electron chi connectivity index (χ2n) is 7.11. The maximum absolute atomic E-state index is 10.1. The number of likely N-dealkylation sites (N-methyl/N-ethyl adjacent to an activating group) is 1. The molecule has 0 amide bonds. The summed E-state index contributed by atoms with van der Waals surface area (Å²) in [6.07, 6.45) is 3.31. The van der Waals surface area contributed by atoms with E-state index in [1.807, 2.05) is 30.8 Å². The van der Waals surface area contributed by atoms with Gasteiger partial charge in [-0.3, -0.25) is 4.68 Å². The van der Waals surface area contributed by atoms with Crippen molar-refractivity contribution in [2.75, 3.05) is 38.1 Å². The van der Waals surface area contributed by atoms with E-state index in [-0.39, 0.29) is 5.75 Å². The van der Waals surface area contributed by atoms with Crippen molar-refractivity contribution in [2.45, 2.75) is 6.92 Å². The second kappa shape index (κ2) is 7.00. The van der Waals surface area contributed by atoms with E-state index in [1.165, 1.54) is 0 Å². The van der Waals surface area contributed by atoms with E-state index in [0.29, 0.717) is 0 Å². The highest BCUT2D eigenvalue weighted by Crippen LogP contribution is 2.39. The molecule has 0 radical (unpaired) electrons. The highest BCUT2D eigenvalue weighted by Gasteiger charge is 2.26. The number of benzene rings is 1. The maximum Gasteiger partial charge on any atom is 0.136 e. The number of phenols is 1. The predicted molar refractivity (Wildman–Crippen MR) is 106 cm³/mol. The van der Waals surface area contributed by atoms with Crippen molar-refractivity contribution in [1.82, 2.24) is 24.6 Å². The molecule has 7 heteroatoms. The van der Waals surface area contributed by atoms with E-state index in [1.54, 1.807) is 24.7 Å². The van der Waals surface area contributed by atoms with Gasteiger partial charge in [0.1, 0.15) is 23.6 Å². The molecule has 27 heavy (non-hydrogen) atoms. The van der Waals surface area contributed by atoms with E-state index in [2.05, 4.69) is 26.8 Å². The number of hydrogen-bond acceptors (Lipinski definition) is 6. The number of nitrogens with zero attached hydrogens (tertiary/aromatic N) is 6. The molecule has 1 aliphatic heterocycles. The molecule has 2 aromatic heterocycles. The van der Waals surface area contributed by atoms with Crippen molar-refractivity contribution in [3.8, 4) is 28.3 Å². The predicted octanol–water partition coefficient (Wildman–Crippen LogP) is 2.31. The zero-order chi connectivity index (χ0) is 19.0. The van der Waals surface area contributed by atoms with E-state index in [9.17, 15) is 5.11 Å². The fraction of sp³-hybridized carbons (Fsp3) is 0.350. The third-order valence-corrected chi connectivity index (χ3v) is 4.99. The first-order valence-electron chi connectivity index (χ1n) is 9.11. The Balaban J connectivity index is 1.90. The Bertz CT molecular complexity index is 924. The van der Waals surface area contributed by atoms with Gasteiger partial charge in [-0.25, -0.2) is 9.97 Å². The Morgan fingerprint density at radius 3 is 2.48 bits per heavy atom. The fourth-order valence-electron chi connectivity index (χ4n) is 3.67. The number of aryl methyl sites for hydroxylation is 2. The minimum Gasteiger partial charge on any atom is -0.508 e. The summed E-state index contributed by atoms with van der Waals surface area (Å²) in [5.41, 5.74) is 4.52. The SMILES string of the molecule is Cc1cc(O)cc(-c2nn(C)c(N3CCN(C)CC3)c2-c2ccncn2)c1.